The predicted octanol–water partition coefficient (Wildman–Crippen LogP) is 2.41. The van der Waals surface area contributed by atoms with Crippen molar-refractivity contribution in [2.75, 3.05) is 25.9 Å². The lowest BCUT2D eigenvalue weighted by atomic mass is 9.90. The van der Waals surface area contributed by atoms with Crippen LogP contribution in [0.1, 0.15) is 31.2 Å². The second-order valence-electron chi connectivity index (χ2n) is 8.36. The van der Waals surface area contributed by atoms with Crippen LogP contribution in [0, 0.1) is 0 Å². The Balaban J connectivity index is 0.000000404. The summed E-state index contributed by atoms with van der Waals surface area (Å²) in [6, 6.07) is 4.06. The molecule has 3 N–H and O–H groups in total. The number of likely N-dealkylation sites (tertiary alicyclic amines) is 1. The van der Waals surface area contributed by atoms with E-state index in [2.05, 4.69) is 20.7 Å². The highest BCUT2D eigenvalue weighted by Gasteiger charge is 2.43. The molecule has 3 rings (SSSR count). The molecule has 2 saturated heterocycles. The van der Waals surface area contributed by atoms with Crippen molar-refractivity contribution in [2.24, 2.45) is 0 Å². The summed E-state index contributed by atoms with van der Waals surface area (Å²) in [5.41, 5.74) is 1.11. The summed E-state index contributed by atoms with van der Waals surface area (Å²) in [5.74, 6) is -5.51. The number of nitrogens with zero attached hydrogens (tertiary/aromatic N) is 2. The van der Waals surface area contributed by atoms with E-state index in [1.54, 1.807) is 6.20 Å². The first kappa shape index (κ1) is 32.5. The maximum atomic E-state index is 11.3. The Morgan fingerprint density at radius 2 is 1.73 bits per heavy atom. The van der Waals surface area contributed by atoms with Crippen LogP contribution in [-0.4, -0.2) is 90.4 Å². The van der Waals surface area contributed by atoms with E-state index in [4.69, 9.17) is 24.5 Å². The zero-order valence-corrected chi connectivity index (χ0v) is 20.4. The number of aromatic nitrogens is 1. The topological polar surface area (TPSA) is 146 Å². The van der Waals surface area contributed by atoms with Crippen molar-refractivity contribution in [3.8, 4) is 0 Å². The van der Waals surface area contributed by atoms with Gasteiger partial charge in [-0.1, -0.05) is 6.07 Å². The molecule has 17 heteroatoms. The first-order valence-electron chi connectivity index (χ1n) is 10.7. The molecule has 2 fully saturated rings. The second-order valence-corrected chi connectivity index (χ2v) is 10.2. The fourth-order valence-corrected chi connectivity index (χ4v) is 4.11. The van der Waals surface area contributed by atoms with E-state index in [1.807, 2.05) is 12.3 Å². The van der Waals surface area contributed by atoms with Crippen molar-refractivity contribution in [3.05, 3.63) is 30.1 Å². The average Bonchev–Trinajstić information content (AvgIpc) is 3.13. The van der Waals surface area contributed by atoms with Gasteiger partial charge in [0.1, 0.15) is 0 Å². The molecule has 2 aliphatic rings. The van der Waals surface area contributed by atoms with E-state index in [9.17, 15) is 34.8 Å². The van der Waals surface area contributed by atoms with Gasteiger partial charge in [-0.15, -0.1) is 0 Å². The Morgan fingerprint density at radius 1 is 1.16 bits per heavy atom. The maximum absolute atomic E-state index is 11.3. The van der Waals surface area contributed by atoms with Gasteiger partial charge in [0.05, 0.1) is 18.0 Å². The van der Waals surface area contributed by atoms with Crippen molar-refractivity contribution in [1.82, 2.24) is 14.6 Å². The summed E-state index contributed by atoms with van der Waals surface area (Å²) in [6.45, 7) is 3.20. The number of nitrogens with one attached hydrogen (secondary N) is 1. The van der Waals surface area contributed by atoms with Crippen molar-refractivity contribution in [2.45, 2.75) is 56.3 Å². The van der Waals surface area contributed by atoms with Gasteiger partial charge in [0.25, 0.3) is 0 Å². The normalized spacial score (nSPS) is 22.4. The van der Waals surface area contributed by atoms with Gasteiger partial charge in [-0.05, 0) is 37.3 Å². The molecule has 212 valence electrons. The lowest BCUT2D eigenvalue weighted by Crippen LogP contribution is -2.46. The van der Waals surface area contributed by atoms with Gasteiger partial charge < -0.3 is 14.9 Å². The molecule has 37 heavy (non-hydrogen) atoms. The summed E-state index contributed by atoms with van der Waals surface area (Å²) in [6.07, 6.45) is -1.20. The molecule has 0 unspecified atom stereocenters. The molecule has 3 heterocycles. The molecular weight excluding hydrogens is 540 g/mol. The minimum absolute atomic E-state index is 0.0168. The number of ether oxygens (including phenoxy) is 1. The molecule has 2 aliphatic heterocycles. The number of alkyl halides is 6. The SMILES string of the molecule is CS(=O)(=O)NC[C@H]1CCC[C@]2(CCN(Cc3cccnc3)C2)O1.O=C(O)C(F)(F)F.O=C(O)C(F)(F)F. The second kappa shape index (κ2) is 13.3. The van der Waals surface area contributed by atoms with Gasteiger partial charge in [-0.3, -0.25) is 9.88 Å². The maximum Gasteiger partial charge on any atom is 0.490 e. The van der Waals surface area contributed by atoms with Crippen molar-refractivity contribution in [1.29, 1.82) is 0 Å². The minimum atomic E-state index is -5.08. The molecule has 0 saturated carbocycles. The number of sulfonamides is 1. The number of hydrogen-bond donors (Lipinski definition) is 3. The first-order valence-corrected chi connectivity index (χ1v) is 12.6. The Kier molecular flexibility index (Phi) is 11.7. The van der Waals surface area contributed by atoms with Gasteiger partial charge >= 0.3 is 24.3 Å². The lowest BCUT2D eigenvalue weighted by molar-refractivity contribution is -0.193. The van der Waals surface area contributed by atoms with Crippen molar-refractivity contribution in [3.63, 3.8) is 0 Å². The molecule has 1 spiro atoms. The third-order valence-electron chi connectivity index (χ3n) is 5.16. The lowest BCUT2D eigenvalue weighted by Gasteiger charge is -2.38. The predicted molar refractivity (Wildman–Crippen MR) is 116 cm³/mol. The Morgan fingerprint density at radius 3 is 2.19 bits per heavy atom. The average molecular weight is 568 g/mol. The number of carboxylic acid groups (broad SMARTS) is 2. The number of rotatable bonds is 5. The van der Waals surface area contributed by atoms with Crippen LogP contribution < -0.4 is 4.72 Å². The van der Waals surface area contributed by atoms with Gasteiger partial charge in [0, 0.05) is 38.6 Å². The zero-order valence-electron chi connectivity index (χ0n) is 19.5. The third kappa shape index (κ3) is 13.0. The van der Waals surface area contributed by atoms with Crippen LogP contribution >= 0.6 is 0 Å². The zero-order chi connectivity index (χ0) is 28.5. The highest BCUT2D eigenvalue weighted by atomic mass is 32.2. The molecule has 0 aliphatic carbocycles. The summed E-state index contributed by atoms with van der Waals surface area (Å²) >= 11 is 0. The smallest absolute Gasteiger partial charge is 0.475 e. The minimum Gasteiger partial charge on any atom is -0.475 e. The van der Waals surface area contributed by atoms with E-state index in [0.29, 0.717) is 6.54 Å². The Labute approximate surface area is 208 Å². The number of aliphatic carboxylic acids is 2. The van der Waals surface area contributed by atoms with Crippen LogP contribution in [-0.2, 0) is 30.9 Å². The summed E-state index contributed by atoms with van der Waals surface area (Å²) in [5, 5.41) is 14.2. The van der Waals surface area contributed by atoms with E-state index in [1.165, 1.54) is 11.8 Å². The molecule has 1 aromatic rings. The monoisotopic (exact) mass is 567 g/mol. The van der Waals surface area contributed by atoms with Gasteiger partial charge in [0.2, 0.25) is 10.0 Å². The van der Waals surface area contributed by atoms with E-state index in [-0.39, 0.29) is 11.7 Å². The van der Waals surface area contributed by atoms with E-state index in [0.717, 1.165) is 45.3 Å². The highest BCUT2D eigenvalue weighted by molar-refractivity contribution is 7.88. The third-order valence-corrected chi connectivity index (χ3v) is 5.85. The van der Waals surface area contributed by atoms with Crippen LogP contribution in [0.5, 0.6) is 0 Å². The number of hydrogen-bond acceptors (Lipinski definition) is 7. The van der Waals surface area contributed by atoms with Crippen LogP contribution in [0.4, 0.5) is 26.3 Å². The summed E-state index contributed by atoms with van der Waals surface area (Å²) < 4.78 is 94.9. The highest BCUT2D eigenvalue weighted by Crippen LogP contribution is 2.37. The first-order chi connectivity index (χ1) is 16.8. The van der Waals surface area contributed by atoms with Crippen LogP contribution in [0.2, 0.25) is 0 Å². The quantitative estimate of drug-likeness (QED) is 0.457. The fourth-order valence-electron chi connectivity index (χ4n) is 3.62. The van der Waals surface area contributed by atoms with Crippen LogP contribution in [0.25, 0.3) is 0 Å². The van der Waals surface area contributed by atoms with Crippen LogP contribution in [0.15, 0.2) is 24.5 Å². The van der Waals surface area contributed by atoms with Crippen molar-refractivity contribution < 1.29 is 59.3 Å². The summed E-state index contributed by atoms with van der Waals surface area (Å²) in [7, 11) is -3.16. The van der Waals surface area contributed by atoms with Crippen molar-refractivity contribution >= 4 is 22.0 Å². The standard InChI is InChI=1S/C16H25N3O3S.2C2HF3O2/c1-23(20,21)18-11-15-5-2-6-16(22-15)7-9-19(13-16)12-14-4-3-8-17-10-14;2*3-2(4,5)1(6)7/h3-4,8,10,15,18H,2,5-7,9,11-13H2,1H3;2*(H,6,7)/t15-,16-;;/m1../s1. The van der Waals surface area contributed by atoms with Crippen LogP contribution in [0.3, 0.4) is 0 Å². The molecule has 0 radical (unpaired) electrons. The number of halogens is 6. The summed E-state index contributed by atoms with van der Waals surface area (Å²) in [4.78, 5) is 24.4. The molecule has 0 aromatic carbocycles. The van der Waals surface area contributed by atoms with E-state index < -0.39 is 34.3 Å². The fraction of sp³-hybridized carbons (Fsp3) is 0.650. The molecule has 2 atom stereocenters. The Bertz CT molecular complexity index is 968. The van der Waals surface area contributed by atoms with Gasteiger partial charge in [-0.25, -0.2) is 22.7 Å². The molecule has 0 amide bonds. The molecule has 10 nitrogen and oxygen atoms in total. The van der Waals surface area contributed by atoms with Gasteiger partial charge in [-0.2, -0.15) is 26.3 Å². The molecule has 1 aromatic heterocycles. The Hall–Kier alpha value is -2.50. The number of carboxylic acids is 2. The van der Waals surface area contributed by atoms with E-state index >= 15 is 0 Å². The molecule has 0 bridgehead atoms. The number of pyridine rings is 1. The molecular formula is C20H27F6N3O7S. The van der Waals surface area contributed by atoms with Gasteiger partial charge in [0.15, 0.2) is 0 Å². The number of carbonyl (C=O) groups is 2. The largest absolute Gasteiger partial charge is 0.490 e.